The van der Waals surface area contributed by atoms with Gasteiger partial charge in [-0.3, -0.25) is 0 Å². The van der Waals surface area contributed by atoms with Crippen molar-refractivity contribution in [1.82, 2.24) is 0 Å². The van der Waals surface area contributed by atoms with Crippen molar-refractivity contribution < 1.29 is 9.47 Å². The Morgan fingerprint density at radius 2 is 1.85 bits per heavy atom. The van der Waals surface area contributed by atoms with E-state index < -0.39 is 5.60 Å². The first kappa shape index (κ1) is 17.9. The average molecular weight is 344 g/mol. The smallest absolute Gasteiger partial charge is 0.164 e. The van der Waals surface area contributed by atoms with Gasteiger partial charge in [0.1, 0.15) is 5.75 Å². The van der Waals surface area contributed by atoms with Crippen LogP contribution in [0.15, 0.2) is 54.8 Å². The third-order valence-corrected chi connectivity index (χ3v) is 4.20. The SMILES string of the molecule is COC=C1CC=Cc2ccc(C#CC(C)(C)Oc3ccc(C)cc3)cc21. The summed E-state index contributed by atoms with van der Waals surface area (Å²) in [6, 6.07) is 14.3. The lowest BCUT2D eigenvalue weighted by Gasteiger charge is -2.20. The van der Waals surface area contributed by atoms with E-state index >= 15 is 0 Å². The number of hydrogen-bond acceptors (Lipinski definition) is 2. The van der Waals surface area contributed by atoms with Gasteiger partial charge in [-0.1, -0.05) is 47.8 Å². The second-order valence-corrected chi connectivity index (χ2v) is 6.96. The van der Waals surface area contributed by atoms with Crippen LogP contribution in [-0.4, -0.2) is 12.7 Å². The Bertz CT molecular complexity index is 903. The van der Waals surface area contributed by atoms with E-state index in [4.69, 9.17) is 9.47 Å². The molecular formula is C24H24O2. The van der Waals surface area contributed by atoms with E-state index in [0.29, 0.717) is 0 Å². The second-order valence-electron chi connectivity index (χ2n) is 6.96. The molecule has 0 N–H and O–H groups in total. The molecule has 0 aromatic heterocycles. The highest BCUT2D eigenvalue weighted by atomic mass is 16.5. The molecule has 0 bridgehead atoms. The summed E-state index contributed by atoms with van der Waals surface area (Å²) >= 11 is 0. The zero-order valence-corrected chi connectivity index (χ0v) is 15.8. The fraction of sp³-hybridized carbons (Fsp3) is 0.250. The summed E-state index contributed by atoms with van der Waals surface area (Å²) < 4.78 is 11.2. The van der Waals surface area contributed by atoms with Crippen molar-refractivity contribution in [2.24, 2.45) is 0 Å². The van der Waals surface area contributed by atoms with Crippen LogP contribution in [0.4, 0.5) is 0 Å². The molecular weight excluding hydrogens is 320 g/mol. The van der Waals surface area contributed by atoms with Gasteiger partial charge in [-0.25, -0.2) is 0 Å². The Kier molecular flexibility index (Phi) is 5.19. The fourth-order valence-electron chi connectivity index (χ4n) is 2.88. The zero-order valence-electron chi connectivity index (χ0n) is 15.8. The lowest BCUT2D eigenvalue weighted by atomic mass is 9.91. The van der Waals surface area contributed by atoms with Crippen molar-refractivity contribution in [2.75, 3.05) is 7.11 Å². The maximum absolute atomic E-state index is 6.03. The molecule has 1 aliphatic rings. The van der Waals surface area contributed by atoms with Crippen molar-refractivity contribution >= 4 is 11.6 Å². The Morgan fingerprint density at radius 3 is 2.58 bits per heavy atom. The molecule has 0 heterocycles. The van der Waals surface area contributed by atoms with Crippen molar-refractivity contribution in [2.45, 2.75) is 32.8 Å². The Morgan fingerprint density at radius 1 is 1.08 bits per heavy atom. The highest BCUT2D eigenvalue weighted by Crippen LogP contribution is 2.29. The second kappa shape index (κ2) is 7.54. The predicted molar refractivity (Wildman–Crippen MR) is 108 cm³/mol. The third kappa shape index (κ3) is 4.37. The number of methoxy groups -OCH3 is 1. The van der Waals surface area contributed by atoms with Gasteiger partial charge in [0.15, 0.2) is 5.60 Å². The standard InChI is InChI=1S/C24H24O2/c1-18-8-12-22(13-9-18)26-24(2,3)15-14-19-10-11-20-6-5-7-21(17-25-4)23(20)16-19/h5-6,8-13,16-17H,7H2,1-4H3. The van der Waals surface area contributed by atoms with Crippen LogP contribution >= 0.6 is 0 Å². The highest BCUT2D eigenvalue weighted by Gasteiger charge is 2.16. The molecule has 0 fully saturated rings. The van der Waals surface area contributed by atoms with Gasteiger partial charge in [0, 0.05) is 5.56 Å². The Balaban J connectivity index is 1.83. The number of rotatable bonds is 3. The van der Waals surface area contributed by atoms with Crippen LogP contribution in [0.1, 0.15) is 42.5 Å². The van der Waals surface area contributed by atoms with E-state index in [1.54, 1.807) is 7.11 Å². The molecule has 26 heavy (non-hydrogen) atoms. The minimum atomic E-state index is -0.573. The number of ether oxygens (including phenoxy) is 2. The fourth-order valence-corrected chi connectivity index (χ4v) is 2.88. The molecule has 0 spiro atoms. The number of benzene rings is 2. The number of allylic oxidation sites excluding steroid dienone is 2. The van der Waals surface area contributed by atoms with E-state index in [9.17, 15) is 0 Å². The van der Waals surface area contributed by atoms with Gasteiger partial charge >= 0.3 is 0 Å². The van der Waals surface area contributed by atoms with E-state index in [2.05, 4.69) is 43.0 Å². The van der Waals surface area contributed by atoms with Crippen LogP contribution in [0.25, 0.3) is 11.6 Å². The maximum Gasteiger partial charge on any atom is 0.164 e. The first-order chi connectivity index (χ1) is 12.5. The van der Waals surface area contributed by atoms with Gasteiger partial charge in [0.05, 0.1) is 13.4 Å². The van der Waals surface area contributed by atoms with Crippen LogP contribution in [0.2, 0.25) is 0 Å². The molecule has 0 saturated carbocycles. The summed E-state index contributed by atoms with van der Waals surface area (Å²) in [5.74, 6) is 7.34. The molecule has 3 rings (SSSR count). The van der Waals surface area contributed by atoms with Crippen LogP contribution in [0.3, 0.4) is 0 Å². The van der Waals surface area contributed by atoms with Crippen molar-refractivity contribution in [3.8, 4) is 17.6 Å². The molecule has 0 radical (unpaired) electrons. The third-order valence-electron chi connectivity index (χ3n) is 4.20. The van der Waals surface area contributed by atoms with Gasteiger partial charge in [0.2, 0.25) is 0 Å². The summed E-state index contributed by atoms with van der Waals surface area (Å²) in [5.41, 5.74) is 5.16. The molecule has 2 aromatic carbocycles. The van der Waals surface area contributed by atoms with Gasteiger partial charge in [0.25, 0.3) is 0 Å². The summed E-state index contributed by atoms with van der Waals surface area (Å²) in [6.45, 7) is 6.03. The molecule has 0 atom stereocenters. The molecule has 132 valence electrons. The molecule has 0 aliphatic heterocycles. The van der Waals surface area contributed by atoms with Gasteiger partial charge in [-0.2, -0.15) is 0 Å². The zero-order chi connectivity index (χ0) is 18.6. The van der Waals surface area contributed by atoms with Crippen LogP contribution < -0.4 is 4.74 Å². The van der Waals surface area contributed by atoms with Crippen molar-refractivity contribution in [1.29, 1.82) is 0 Å². The molecule has 2 nitrogen and oxygen atoms in total. The number of hydrogen-bond donors (Lipinski definition) is 0. The van der Waals surface area contributed by atoms with E-state index in [0.717, 1.165) is 17.7 Å². The van der Waals surface area contributed by atoms with Crippen LogP contribution in [-0.2, 0) is 4.74 Å². The predicted octanol–water partition coefficient (Wildman–Crippen LogP) is 5.61. The minimum Gasteiger partial charge on any atom is -0.504 e. The van der Waals surface area contributed by atoms with Gasteiger partial charge < -0.3 is 9.47 Å². The molecule has 0 amide bonds. The maximum atomic E-state index is 6.03. The van der Waals surface area contributed by atoms with Crippen LogP contribution in [0.5, 0.6) is 5.75 Å². The number of aryl methyl sites for hydroxylation is 1. The Labute approximate surface area is 156 Å². The molecule has 1 aliphatic carbocycles. The molecule has 0 saturated heterocycles. The van der Waals surface area contributed by atoms with Gasteiger partial charge in [-0.15, -0.1) is 0 Å². The number of fused-ring (bicyclic) bond motifs is 1. The molecule has 0 unspecified atom stereocenters. The topological polar surface area (TPSA) is 18.5 Å². The summed E-state index contributed by atoms with van der Waals surface area (Å²) in [7, 11) is 1.68. The molecule has 2 aromatic rings. The van der Waals surface area contributed by atoms with E-state index in [1.165, 1.54) is 22.3 Å². The average Bonchev–Trinajstić information content (AvgIpc) is 2.62. The quantitative estimate of drug-likeness (QED) is 0.532. The van der Waals surface area contributed by atoms with E-state index in [1.807, 2.05) is 50.4 Å². The lowest BCUT2D eigenvalue weighted by Crippen LogP contribution is -2.25. The van der Waals surface area contributed by atoms with Crippen molar-refractivity contribution in [3.05, 3.63) is 77.1 Å². The largest absolute Gasteiger partial charge is 0.504 e. The van der Waals surface area contributed by atoms with E-state index in [-0.39, 0.29) is 0 Å². The van der Waals surface area contributed by atoms with Crippen LogP contribution in [0, 0.1) is 18.8 Å². The summed E-state index contributed by atoms with van der Waals surface area (Å²) in [6.07, 6.45) is 6.98. The minimum absolute atomic E-state index is 0.573. The summed E-state index contributed by atoms with van der Waals surface area (Å²) in [4.78, 5) is 0. The first-order valence-corrected chi connectivity index (χ1v) is 8.78. The van der Waals surface area contributed by atoms with Crippen molar-refractivity contribution in [3.63, 3.8) is 0 Å². The lowest BCUT2D eigenvalue weighted by molar-refractivity contribution is 0.172. The monoisotopic (exact) mass is 344 g/mol. The summed E-state index contributed by atoms with van der Waals surface area (Å²) in [5, 5.41) is 0. The molecule has 2 heteroatoms. The van der Waals surface area contributed by atoms with Gasteiger partial charge in [-0.05, 0) is 68.2 Å². The normalized spacial score (nSPS) is 14.4. The first-order valence-electron chi connectivity index (χ1n) is 8.78. The Hall–Kier alpha value is -2.92. The highest BCUT2D eigenvalue weighted by molar-refractivity contribution is 5.79.